The zero-order chi connectivity index (χ0) is 18.0. The number of hydrogen-bond donors (Lipinski definition) is 0. The third kappa shape index (κ3) is 3.75. The smallest absolute Gasteiger partial charge is 0.254 e. The Labute approximate surface area is 154 Å². The van der Waals surface area contributed by atoms with Crippen molar-refractivity contribution in [2.24, 2.45) is 0 Å². The minimum atomic E-state index is -0.200. The van der Waals surface area contributed by atoms with E-state index in [1.807, 2.05) is 19.1 Å². The van der Waals surface area contributed by atoms with Crippen molar-refractivity contribution in [3.05, 3.63) is 51.2 Å². The fraction of sp³-hybridized carbons (Fsp3) is 0.278. The molecule has 0 radical (unpaired) electrons. The van der Waals surface area contributed by atoms with Gasteiger partial charge in [0.1, 0.15) is 0 Å². The molecule has 1 aliphatic heterocycles. The van der Waals surface area contributed by atoms with Crippen molar-refractivity contribution in [3.63, 3.8) is 0 Å². The Bertz CT molecular complexity index is 800. The van der Waals surface area contributed by atoms with Crippen LogP contribution in [-0.4, -0.2) is 29.2 Å². The molecule has 7 heteroatoms. The molecule has 0 aliphatic carbocycles. The molecule has 3 amide bonds. The molecule has 1 aromatic heterocycles. The molecule has 1 saturated heterocycles. The zero-order valence-corrected chi connectivity index (χ0v) is 15.3. The number of rotatable bonds is 5. The van der Waals surface area contributed by atoms with Crippen LogP contribution in [0.3, 0.4) is 0 Å². The predicted octanol–water partition coefficient (Wildman–Crippen LogP) is 3.72. The summed E-state index contributed by atoms with van der Waals surface area (Å²) in [6, 6.07) is 10.3. The zero-order valence-electron chi connectivity index (χ0n) is 13.7. The number of halogens is 1. The van der Waals surface area contributed by atoms with Gasteiger partial charge in [-0.3, -0.25) is 19.3 Å². The average molecular weight is 377 g/mol. The van der Waals surface area contributed by atoms with Crippen LogP contribution >= 0.6 is 22.9 Å². The summed E-state index contributed by atoms with van der Waals surface area (Å²) in [5, 5.41) is 0. The number of carbonyl (C=O) groups excluding carboxylic acids is 3. The summed E-state index contributed by atoms with van der Waals surface area (Å²) in [5.74, 6) is -0.500. The van der Waals surface area contributed by atoms with Crippen molar-refractivity contribution in [1.29, 1.82) is 0 Å². The monoisotopic (exact) mass is 376 g/mol. The summed E-state index contributed by atoms with van der Waals surface area (Å²) in [7, 11) is 0. The molecule has 3 rings (SSSR count). The molecule has 1 aliphatic rings. The summed E-state index contributed by atoms with van der Waals surface area (Å²) in [6.45, 7) is 2.99. The highest BCUT2D eigenvalue weighted by Gasteiger charge is 2.30. The average Bonchev–Trinajstić information content (AvgIpc) is 3.17. The Hall–Kier alpha value is -2.18. The van der Waals surface area contributed by atoms with Gasteiger partial charge < -0.3 is 4.90 Å². The van der Waals surface area contributed by atoms with Crippen LogP contribution in [0.5, 0.6) is 0 Å². The van der Waals surface area contributed by atoms with Gasteiger partial charge in [-0.25, -0.2) is 0 Å². The van der Waals surface area contributed by atoms with E-state index in [1.54, 1.807) is 29.2 Å². The van der Waals surface area contributed by atoms with Crippen LogP contribution in [0.1, 0.15) is 35.0 Å². The maximum atomic E-state index is 12.7. The lowest BCUT2D eigenvalue weighted by Crippen LogP contribution is -2.30. The van der Waals surface area contributed by atoms with Gasteiger partial charge in [0.15, 0.2) is 0 Å². The van der Waals surface area contributed by atoms with Crippen molar-refractivity contribution >= 4 is 46.3 Å². The fourth-order valence-electron chi connectivity index (χ4n) is 2.75. The molecule has 0 bridgehead atoms. The number of carbonyl (C=O) groups is 3. The van der Waals surface area contributed by atoms with E-state index in [2.05, 4.69) is 0 Å². The first-order valence-corrected chi connectivity index (χ1v) is 9.18. The molecule has 2 aromatic rings. The molecule has 0 atom stereocenters. The highest BCUT2D eigenvalue weighted by atomic mass is 35.5. The molecule has 0 N–H and O–H groups in total. The Balaban J connectivity index is 1.75. The minimum absolute atomic E-state index is 0.0994. The number of thiophene rings is 1. The number of anilines is 1. The molecule has 0 saturated carbocycles. The molecule has 1 aromatic carbocycles. The summed E-state index contributed by atoms with van der Waals surface area (Å²) in [4.78, 5) is 40.2. The van der Waals surface area contributed by atoms with Crippen molar-refractivity contribution in [2.45, 2.75) is 26.3 Å². The summed E-state index contributed by atoms with van der Waals surface area (Å²) >= 11 is 7.40. The summed E-state index contributed by atoms with van der Waals surface area (Å²) in [5.41, 5.74) is 1.03. The Morgan fingerprint density at radius 1 is 1.12 bits per heavy atom. The van der Waals surface area contributed by atoms with Gasteiger partial charge in [0, 0.05) is 29.8 Å². The standard InChI is InChI=1S/C18H17ClN2O3S/c1-2-20(11-14-7-8-15(19)25-14)18(24)12-3-5-13(6-4-12)21-16(22)9-10-17(21)23/h3-8H,2,9-11H2,1H3. The van der Waals surface area contributed by atoms with Gasteiger partial charge in [-0.05, 0) is 43.3 Å². The van der Waals surface area contributed by atoms with Gasteiger partial charge in [-0.1, -0.05) is 11.6 Å². The third-order valence-corrected chi connectivity index (χ3v) is 5.28. The lowest BCUT2D eigenvalue weighted by Gasteiger charge is -2.21. The number of benzene rings is 1. The van der Waals surface area contributed by atoms with Gasteiger partial charge in [0.2, 0.25) is 11.8 Å². The predicted molar refractivity (Wildman–Crippen MR) is 97.9 cm³/mol. The van der Waals surface area contributed by atoms with E-state index in [9.17, 15) is 14.4 Å². The highest BCUT2D eigenvalue weighted by Crippen LogP contribution is 2.25. The molecule has 1 fully saturated rings. The SMILES string of the molecule is CCN(Cc1ccc(Cl)s1)C(=O)c1ccc(N2C(=O)CCC2=O)cc1. The van der Waals surface area contributed by atoms with Crippen molar-refractivity contribution in [2.75, 3.05) is 11.4 Å². The first-order chi connectivity index (χ1) is 12.0. The lowest BCUT2D eigenvalue weighted by molar-refractivity contribution is -0.121. The van der Waals surface area contributed by atoms with Crippen LogP contribution in [0.25, 0.3) is 0 Å². The first-order valence-electron chi connectivity index (χ1n) is 7.99. The van der Waals surface area contributed by atoms with E-state index in [0.717, 1.165) is 4.88 Å². The second-order valence-corrected chi connectivity index (χ2v) is 7.49. The fourth-order valence-corrected chi connectivity index (χ4v) is 3.86. The largest absolute Gasteiger partial charge is 0.334 e. The van der Waals surface area contributed by atoms with Crippen LogP contribution in [0, 0.1) is 0 Å². The molecular formula is C18H17ClN2O3S. The maximum absolute atomic E-state index is 12.7. The Morgan fingerprint density at radius 2 is 1.76 bits per heavy atom. The van der Waals surface area contributed by atoms with Crippen LogP contribution in [0.4, 0.5) is 5.69 Å². The first kappa shape index (κ1) is 17.6. The van der Waals surface area contributed by atoms with E-state index in [-0.39, 0.29) is 30.6 Å². The van der Waals surface area contributed by atoms with Gasteiger partial charge in [-0.2, -0.15) is 0 Å². The molecule has 130 valence electrons. The molecule has 0 unspecified atom stereocenters. The van der Waals surface area contributed by atoms with Crippen molar-refractivity contribution in [3.8, 4) is 0 Å². The lowest BCUT2D eigenvalue weighted by atomic mass is 10.1. The normalized spacial score (nSPS) is 14.2. The van der Waals surface area contributed by atoms with Crippen LogP contribution in [0.15, 0.2) is 36.4 Å². The van der Waals surface area contributed by atoms with E-state index < -0.39 is 0 Å². The minimum Gasteiger partial charge on any atom is -0.334 e. The van der Waals surface area contributed by atoms with Crippen LogP contribution < -0.4 is 4.90 Å². The summed E-state index contributed by atoms with van der Waals surface area (Å²) < 4.78 is 0.697. The second kappa shape index (κ2) is 7.37. The molecular weight excluding hydrogens is 360 g/mol. The van der Waals surface area contributed by atoms with Gasteiger partial charge >= 0.3 is 0 Å². The Kier molecular flexibility index (Phi) is 5.20. The maximum Gasteiger partial charge on any atom is 0.254 e. The molecule has 2 heterocycles. The molecule has 5 nitrogen and oxygen atoms in total. The molecule has 0 spiro atoms. The topological polar surface area (TPSA) is 57.7 Å². The highest BCUT2D eigenvalue weighted by molar-refractivity contribution is 7.16. The number of nitrogens with zero attached hydrogens (tertiary/aromatic N) is 2. The second-order valence-electron chi connectivity index (χ2n) is 5.69. The number of imide groups is 1. The van der Waals surface area contributed by atoms with Crippen LogP contribution in [-0.2, 0) is 16.1 Å². The third-order valence-electron chi connectivity index (χ3n) is 4.07. The summed E-state index contributed by atoms with van der Waals surface area (Å²) in [6.07, 6.45) is 0.485. The van der Waals surface area contributed by atoms with E-state index >= 15 is 0 Å². The van der Waals surface area contributed by atoms with Crippen molar-refractivity contribution < 1.29 is 14.4 Å². The van der Waals surface area contributed by atoms with E-state index in [1.165, 1.54) is 16.2 Å². The van der Waals surface area contributed by atoms with Crippen molar-refractivity contribution in [1.82, 2.24) is 4.90 Å². The Morgan fingerprint density at radius 3 is 2.28 bits per heavy atom. The molecule has 25 heavy (non-hydrogen) atoms. The van der Waals surface area contributed by atoms with Gasteiger partial charge in [0.05, 0.1) is 16.6 Å². The quantitative estimate of drug-likeness (QED) is 0.747. The number of hydrogen-bond acceptors (Lipinski definition) is 4. The van der Waals surface area contributed by atoms with Gasteiger partial charge in [0.25, 0.3) is 5.91 Å². The van der Waals surface area contributed by atoms with Gasteiger partial charge in [-0.15, -0.1) is 11.3 Å². The van der Waals surface area contributed by atoms with Crippen LogP contribution in [0.2, 0.25) is 4.34 Å². The number of amides is 3. The van der Waals surface area contributed by atoms with E-state index in [0.29, 0.717) is 28.7 Å². The van der Waals surface area contributed by atoms with E-state index in [4.69, 9.17) is 11.6 Å².